The summed E-state index contributed by atoms with van der Waals surface area (Å²) in [7, 11) is 0. The van der Waals surface area contributed by atoms with Gasteiger partial charge in [0.2, 0.25) is 0 Å². The average molecular weight is 518 g/mol. The molecule has 2 amide bonds. The minimum absolute atomic E-state index is 0.0568. The quantitative estimate of drug-likeness (QED) is 0.371. The fourth-order valence-corrected chi connectivity index (χ4v) is 4.28. The lowest BCUT2D eigenvalue weighted by atomic mass is 10.0. The molecule has 0 radical (unpaired) electrons. The van der Waals surface area contributed by atoms with Gasteiger partial charge in [0.05, 0.1) is 22.8 Å². The van der Waals surface area contributed by atoms with Gasteiger partial charge in [0.1, 0.15) is 29.5 Å². The third kappa shape index (κ3) is 4.07. The lowest BCUT2D eigenvalue weighted by Gasteiger charge is -2.19. The molecule has 9 nitrogen and oxygen atoms in total. The first-order valence-electron chi connectivity index (χ1n) is 11.1. The number of halogens is 5. The van der Waals surface area contributed by atoms with Crippen LogP contribution in [0.25, 0.3) is 22.3 Å². The number of amides is 2. The molecular weight excluding hydrogens is 499 g/mol. The van der Waals surface area contributed by atoms with Crippen LogP contribution in [0.3, 0.4) is 0 Å². The van der Waals surface area contributed by atoms with Crippen molar-refractivity contribution in [3.63, 3.8) is 0 Å². The second-order valence-electron chi connectivity index (χ2n) is 8.65. The van der Waals surface area contributed by atoms with Gasteiger partial charge in [-0.3, -0.25) is 10.2 Å². The molecule has 4 aromatic rings. The van der Waals surface area contributed by atoms with E-state index in [1.54, 1.807) is 4.68 Å². The number of nitrogens with two attached hydrogens (primary N) is 1. The van der Waals surface area contributed by atoms with Crippen molar-refractivity contribution in [2.75, 3.05) is 22.5 Å². The third-order valence-electron chi connectivity index (χ3n) is 6.00. The number of rotatable bonds is 3. The van der Waals surface area contributed by atoms with Crippen LogP contribution < -0.4 is 16.0 Å². The van der Waals surface area contributed by atoms with Crippen molar-refractivity contribution in [2.45, 2.75) is 32.5 Å². The summed E-state index contributed by atoms with van der Waals surface area (Å²) in [6.45, 7) is 3.83. The van der Waals surface area contributed by atoms with E-state index in [4.69, 9.17) is 5.73 Å². The number of hydrogen-bond acceptors (Lipinski definition) is 6. The molecule has 0 bridgehead atoms. The highest BCUT2D eigenvalue weighted by molar-refractivity contribution is 6.03. The Morgan fingerprint density at radius 1 is 1.16 bits per heavy atom. The first-order chi connectivity index (χ1) is 17.5. The van der Waals surface area contributed by atoms with Crippen LogP contribution >= 0.6 is 0 Å². The van der Waals surface area contributed by atoms with Crippen LogP contribution in [0.5, 0.6) is 0 Å². The first kappa shape index (κ1) is 24.3. The van der Waals surface area contributed by atoms with Crippen molar-refractivity contribution < 1.29 is 26.7 Å². The van der Waals surface area contributed by atoms with Gasteiger partial charge in [0, 0.05) is 23.7 Å². The highest BCUT2D eigenvalue weighted by atomic mass is 19.4. The molecule has 0 aliphatic carbocycles. The zero-order valence-electron chi connectivity index (χ0n) is 19.4. The van der Waals surface area contributed by atoms with Gasteiger partial charge >= 0.3 is 12.2 Å². The number of nitrogens with zero attached hydrogens (tertiary/aromatic N) is 6. The topological polar surface area (TPSA) is 115 Å². The summed E-state index contributed by atoms with van der Waals surface area (Å²) >= 11 is 0. The second kappa shape index (κ2) is 8.64. The summed E-state index contributed by atoms with van der Waals surface area (Å²) in [6.07, 6.45) is -3.15. The molecule has 0 unspecified atom stereocenters. The van der Waals surface area contributed by atoms with Crippen molar-refractivity contribution in [3.05, 3.63) is 53.5 Å². The van der Waals surface area contributed by atoms with E-state index < -0.39 is 35.2 Å². The Bertz CT molecular complexity index is 1550. The zero-order valence-corrected chi connectivity index (χ0v) is 19.4. The van der Waals surface area contributed by atoms with E-state index in [2.05, 4.69) is 25.4 Å². The van der Waals surface area contributed by atoms with Gasteiger partial charge in [-0.05, 0) is 38.5 Å². The Balaban J connectivity index is 1.49. The minimum atomic E-state index is -4.96. The Labute approximate surface area is 206 Å². The maximum absolute atomic E-state index is 15.8. The molecule has 0 atom stereocenters. The highest BCUT2D eigenvalue weighted by Crippen LogP contribution is 2.39. The van der Waals surface area contributed by atoms with E-state index in [-0.39, 0.29) is 47.3 Å². The van der Waals surface area contributed by atoms with Crippen LogP contribution in [0, 0.1) is 11.6 Å². The Morgan fingerprint density at radius 2 is 1.92 bits per heavy atom. The van der Waals surface area contributed by atoms with Gasteiger partial charge in [0.15, 0.2) is 11.5 Å². The molecule has 14 heteroatoms. The SMILES string of the molecule is CC(C)n1nc(-c2ccc3c(c2F)CCN3C(=O)Nc2cc(C(F)(F)F)c(F)cn2)c2c(N)ncnc21. The largest absolute Gasteiger partial charge is 0.419 e. The molecule has 1 aliphatic rings. The van der Waals surface area contributed by atoms with Crippen molar-refractivity contribution in [2.24, 2.45) is 0 Å². The van der Waals surface area contributed by atoms with Crippen LogP contribution in [0.15, 0.2) is 30.7 Å². The third-order valence-corrected chi connectivity index (χ3v) is 6.00. The van der Waals surface area contributed by atoms with Gasteiger partial charge in [-0.1, -0.05) is 0 Å². The van der Waals surface area contributed by atoms with Gasteiger partial charge in [-0.25, -0.2) is 33.2 Å². The van der Waals surface area contributed by atoms with E-state index in [1.807, 2.05) is 13.8 Å². The second-order valence-corrected chi connectivity index (χ2v) is 8.65. The van der Waals surface area contributed by atoms with Crippen molar-refractivity contribution >= 4 is 34.4 Å². The first-order valence-corrected chi connectivity index (χ1v) is 11.1. The number of alkyl halides is 3. The van der Waals surface area contributed by atoms with Crippen molar-refractivity contribution in [3.8, 4) is 11.3 Å². The average Bonchev–Trinajstić information content (AvgIpc) is 3.43. The summed E-state index contributed by atoms with van der Waals surface area (Å²) in [6, 6.07) is 2.41. The number of nitrogens with one attached hydrogen (secondary N) is 1. The summed E-state index contributed by atoms with van der Waals surface area (Å²) < 4.78 is 69.9. The molecule has 1 aliphatic heterocycles. The molecule has 3 aromatic heterocycles. The molecule has 37 heavy (non-hydrogen) atoms. The highest BCUT2D eigenvalue weighted by Gasteiger charge is 2.35. The van der Waals surface area contributed by atoms with Crippen LogP contribution in [0.1, 0.15) is 31.0 Å². The summed E-state index contributed by atoms with van der Waals surface area (Å²) in [5, 5.41) is 7.13. The Kier molecular flexibility index (Phi) is 5.68. The minimum Gasteiger partial charge on any atom is -0.383 e. The van der Waals surface area contributed by atoms with Crippen molar-refractivity contribution in [1.82, 2.24) is 24.7 Å². The molecule has 0 spiro atoms. The maximum Gasteiger partial charge on any atom is 0.419 e. The van der Waals surface area contributed by atoms with Gasteiger partial charge in [-0.15, -0.1) is 0 Å². The zero-order chi connectivity index (χ0) is 26.6. The standard InChI is InChI=1S/C23H19F5N8O/c1-10(2)36-21-17(20(29)31-9-32-21)19(34-36)12-3-4-15-11(18(12)25)5-6-35(15)22(37)33-16-7-13(23(26,27)28)14(24)8-30-16/h3-4,7-10H,5-6H2,1-2H3,(H2,29,31,32)(H,30,33,37). The number of hydrogen-bond donors (Lipinski definition) is 2. The number of carbonyl (C=O) groups excluding carboxylic acids is 1. The molecule has 0 saturated heterocycles. The fourth-order valence-electron chi connectivity index (χ4n) is 4.28. The van der Waals surface area contributed by atoms with Crippen molar-refractivity contribution in [1.29, 1.82) is 0 Å². The monoisotopic (exact) mass is 518 g/mol. The Morgan fingerprint density at radius 3 is 2.62 bits per heavy atom. The molecule has 192 valence electrons. The molecule has 3 N–H and O–H groups in total. The number of nitrogen functional groups attached to an aromatic ring is 1. The van der Waals surface area contributed by atoms with E-state index in [1.165, 1.54) is 23.4 Å². The van der Waals surface area contributed by atoms with Crippen LogP contribution in [0.4, 0.5) is 44.1 Å². The number of pyridine rings is 1. The van der Waals surface area contributed by atoms with E-state index in [0.29, 0.717) is 23.3 Å². The molecule has 4 heterocycles. The van der Waals surface area contributed by atoms with Crippen LogP contribution in [-0.2, 0) is 12.6 Å². The normalized spacial score (nSPS) is 13.5. The van der Waals surface area contributed by atoms with Gasteiger partial charge in [0.25, 0.3) is 0 Å². The predicted molar refractivity (Wildman–Crippen MR) is 125 cm³/mol. The predicted octanol–water partition coefficient (Wildman–Crippen LogP) is 4.94. The smallest absolute Gasteiger partial charge is 0.383 e. The molecule has 5 rings (SSSR count). The lowest BCUT2D eigenvalue weighted by Crippen LogP contribution is -2.33. The molecule has 0 fully saturated rings. The number of aromatic nitrogens is 5. The van der Waals surface area contributed by atoms with E-state index >= 15 is 4.39 Å². The number of fused-ring (bicyclic) bond motifs is 2. The van der Waals surface area contributed by atoms with E-state index in [0.717, 1.165) is 0 Å². The van der Waals surface area contributed by atoms with Crippen LogP contribution in [-0.4, -0.2) is 37.3 Å². The number of urea groups is 1. The fraction of sp³-hybridized carbons (Fsp3) is 0.261. The number of carbonyl (C=O) groups is 1. The summed E-state index contributed by atoms with van der Waals surface area (Å²) in [5.74, 6) is -2.54. The molecule has 0 saturated carbocycles. The Hall–Kier alpha value is -4.36. The lowest BCUT2D eigenvalue weighted by molar-refractivity contribution is -0.140. The number of anilines is 3. The van der Waals surface area contributed by atoms with Crippen LogP contribution in [0.2, 0.25) is 0 Å². The summed E-state index contributed by atoms with van der Waals surface area (Å²) in [4.78, 5) is 25.7. The summed E-state index contributed by atoms with van der Waals surface area (Å²) in [5.41, 5.74) is 5.79. The molecule has 1 aromatic carbocycles. The van der Waals surface area contributed by atoms with Gasteiger partial charge in [-0.2, -0.15) is 18.3 Å². The molecular formula is C23H19F5N8O. The number of benzene rings is 1. The maximum atomic E-state index is 15.8. The van der Waals surface area contributed by atoms with E-state index in [9.17, 15) is 22.4 Å². The van der Waals surface area contributed by atoms with Gasteiger partial charge < -0.3 is 5.73 Å².